The fourth-order valence-electron chi connectivity index (χ4n) is 1.62. The number of benzene rings is 1. The zero-order valence-corrected chi connectivity index (χ0v) is 10.3. The maximum Gasteiger partial charge on any atom is 0.253 e. The van der Waals surface area contributed by atoms with Crippen molar-refractivity contribution in [2.45, 2.75) is 19.4 Å². The molecule has 0 aliphatic rings. The normalized spacial score (nSPS) is 11.7. The molecule has 1 atom stereocenters. The molecule has 0 aromatic heterocycles. The molecule has 0 spiro atoms. The molecule has 0 radical (unpaired) electrons. The van der Waals surface area contributed by atoms with Crippen molar-refractivity contribution >= 4 is 17.5 Å². The van der Waals surface area contributed by atoms with Crippen LogP contribution in [-0.4, -0.2) is 24.9 Å². The number of primary amides is 1. The molecule has 18 heavy (non-hydrogen) atoms. The summed E-state index contributed by atoms with van der Waals surface area (Å²) in [7, 11) is 1.53. The molecule has 0 fully saturated rings. The topological polar surface area (TPSA) is 84.2 Å². The van der Waals surface area contributed by atoms with Gasteiger partial charge in [0.15, 0.2) is 0 Å². The van der Waals surface area contributed by atoms with E-state index >= 15 is 0 Å². The number of nitrogens with one attached hydrogen (secondary N) is 2. The van der Waals surface area contributed by atoms with Crippen LogP contribution in [0.15, 0.2) is 18.2 Å². The van der Waals surface area contributed by atoms with Crippen molar-refractivity contribution in [1.29, 1.82) is 0 Å². The molecule has 5 nitrogen and oxygen atoms in total. The quantitative estimate of drug-likeness (QED) is 0.727. The highest BCUT2D eigenvalue weighted by Crippen LogP contribution is 2.19. The van der Waals surface area contributed by atoms with Gasteiger partial charge in [0.05, 0.1) is 11.3 Å². The van der Waals surface area contributed by atoms with E-state index in [4.69, 9.17) is 5.73 Å². The van der Waals surface area contributed by atoms with Gasteiger partial charge in [-0.1, -0.05) is 6.07 Å². The van der Waals surface area contributed by atoms with E-state index in [-0.39, 0.29) is 17.7 Å². The molecular weight excluding hydrogens is 237 g/mol. The summed E-state index contributed by atoms with van der Waals surface area (Å²) in [5, 5.41) is 5.21. The third-order valence-corrected chi connectivity index (χ3v) is 2.39. The number of amides is 2. The van der Waals surface area contributed by atoms with Crippen molar-refractivity contribution in [2.24, 2.45) is 5.73 Å². The summed E-state index contributed by atoms with van der Waals surface area (Å²) < 4.78 is 13.4. The van der Waals surface area contributed by atoms with Crippen LogP contribution in [0.1, 0.15) is 23.7 Å². The number of para-hydroxylation sites is 1. The lowest BCUT2D eigenvalue weighted by Gasteiger charge is -2.14. The molecule has 0 aliphatic carbocycles. The molecule has 1 aromatic rings. The summed E-state index contributed by atoms with van der Waals surface area (Å²) >= 11 is 0. The summed E-state index contributed by atoms with van der Waals surface area (Å²) in [5.41, 5.74) is 5.34. The van der Waals surface area contributed by atoms with Gasteiger partial charge in [-0.3, -0.25) is 9.59 Å². The van der Waals surface area contributed by atoms with Gasteiger partial charge in [-0.15, -0.1) is 0 Å². The van der Waals surface area contributed by atoms with E-state index in [0.29, 0.717) is 0 Å². The Morgan fingerprint density at radius 3 is 2.67 bits per heavy atom. The van der Waals surface area contributed by atoms with Gasteiger partial charge in [0.25, 0.3) is 5.91 Å². The van der Waals surface area contributed by atoms with Crippen molar-refractivity contribution in [1.82, 2.24) is 5.32 Å². The van der Waals surface area contributed by atoms with Crippen molar-refractivity contribution in [3.05, 3.63) is 29.6 Å². The number of hydrogen-bond acceptors (Lipinski definition) is 3. The van der Waals surface area contributed by atoms with Gasteiger partial charge in [-0.05, 0) is 19.1 Å². The van der Waals surface area contributed by atoms with Gasteiger partial charge in [-0.25, -0.2) is 4.39 Å². The molecule has 1 unspecified atom stereocenters. The van der Waals surface area contributed by atoms with Gasteiger partial charge >= 0.3 is 0 Å². The monoisotopic (exact) mass is 253 g/mol. The second-order valence-corrected chi connectivity index (χ2v) is 3.96. The highest BCUT2D eigenvalue weighted by Gasteiger charge is 2.16. The summed E-state index contributed by atoms with van der Waals surface area (Å²) in [6.45, 7) is 1.65. The van der Waals surface area contributed by atoms with Crippen LogP contribution in [0.25, 0.3) is 0 Å². The second kappa shape index (κ2) is 6.00. The molecule has 1 rings (SSSR count). The zero-order chi connectivity index (χ0) is 13.7. The number of rotatable bonds is 5. The number of hydrogen-bond donors (Lipinski definition) is 3. The first-order valence-corrected chi connectivity index (χ1v) is 5.51. The molecule has 2 amide bonds. The van der Waals surface area contributed by atoms with E-state index in [1.165, 1.54) is 25.2 Å². The van der Waals surface area contributed by atoms with Crippen molar-refractivity contribution in [3.63, 3.8) is 0 Å². The van der Waals surface area contributed by atoms with E-state index in [9.17, 15) is 14.0 Å². The van der Waals surface area contributed by atoms with Crippen LogP contribution in [0.3, 0.4) is 0 Å². The predicted octanol–water partition coefficient (Wildman–Crippen LogP) is 0.861. The third kappa shape index (κ3) is 3.44. The minimum Gasteiger partial charge on any atom is -0.385 e. The van der Waals surface area contributed by atoms with Crippen LogP contribution in [0.5, 0.6) is 0 Å². The highest BCUT2D eigenvalue weighted by molar-refractivity contribution is 6.00. The zero-order valence-electron chi connectivity index (χ0n) is 10.3. The fourth-order valence-corrected chi connectivity index (χ4v) is 1.62. The second-order valence-electron chi connectivity index (χ2n) is 3.96. The fraction of sp³-hybridized carbons (Fsp3) is 0.333. The first kappa shape index (κ1) is 14.0. The lowest BCUT2D eigenvalue weighted by molar-refractivity contribution is -0.118. The smallest absolute Gasteiger partial charge is 0.253 e. The Morgan fingerprint density at radius 2 is 2.11 bits per heavy atom. The first-order chi connectivity index (χ1) is 8.45. The van der Waals surface area contributed by atoms with Crippen LogP contribution in [0.2, 0.25) is 0 Å². The predicted molar refractivity (Wildman–Crippen MR) is 66.7 cm³/mol. The summed E-state index contributed by atoms with van der Waals surface area (Å²) in [6.07, 6.45) is 0.0376. The van der Waals surface area contributed by atoms with Crippen LogP contribution in [-0.2, 0) is 4.79 Å². The van der Waals surface area contributed by atoms with Gasteiger partial charge in [-0.2, -0.15) is 0 Å². The lowest BCUT2D eigenvalue weighted by atomic mass is 10.1. The van der Waals surface area contributed by atoms with Crippen LogP contribution >= 0.6 is 0 Å². The number of carbonyl (C=O) groups is 2. The van der Waals surface area contributed by atoms with E-state index in [0.717, 1.165) is 0 Å². The average Bonchev–Trinajstić information content (AvgIpc) is 2.27. The molecule has 0 saturated carbocycles. The Morgan fingerprint density at radius 1 is 1.44 bits per heavy atom. The first-order valence-electron chi connectivity index (χ1n) is 5.51. The summed E-state index contributed by atoms with van der Waals surface area (Å²) in [6, 6.07) is 3.81. The molecule has 6 heteroatoms. The van der Waals surface area contributed by atoms with Crippen molar-refractivity contribution in [2.75, 3.05) is 12.4 Å². The molecule has 0 heterocycles. The Labute approximate surface area is 105 Å². The van der Waals surface area contributed by atoms with E-state index in [1.54, 1.807) is 6.92 Å². The third-order valence-electron chi connectivity index (χ3n) is 2.39. The van der Waals surface area contributed by atoms with Gasteiger partial charge < -0.3 is 16.4 Å². The van der Waals surface area contributed by atoms with Gasteiger partial charge in [0.1, 0.15) is 5.82 Å². The molecule has 4 N–H and O–H groups in total. The Bertz CT molecular complexity index is 463. The largest absolute Gasteiger partial charge is 0.385 e. The highest BCUT2D eigenvalue weighted by atomic mass is 19.1. The molecule has 0 bridgehead atoms. The van der Waals surface area contributed by atoms with E-state index in [2.05, 4.69) is 10.6 Å². The van der Waals surface area contributed by atoms with Crippen LogP contribution < -0.4 is 16.4 Å². The summed E-state index contributed by atoms with van der Waals surface area (Å²) in [4.78, 5) is 22.6. The Kier molecular flexibility index (Phi) is 4.65. The SMILES string of the molecule is CNc1c(F)cccc1C(=O)NC(C)CC(N)=O. The number of anilines is 1. The Balaban J connectivity index is 2.84. The van der Waals surface area contributed by atoms with Crippen molar-refractivity contribution in [3.8, 4) is 0 Å². The minimum atomic E-state index is -0.507. The van der Waals surface area contributed by atoms with Crippen LogP contribution in [0.4, 0.5) is 10.1 Å². The lowest BCUT2D eigenvalue weighted by Crippen LogP contribution is -2.36. The van der Waals surface area contributed by atoms with E-state index in [1.807, 2.05) is 0 Å². The average molecular weight is 253 g/mol. The molecule has 1 aromatic carbocycles. The van der Waals surface area contributed by atoms with Gasteiger partial charge in [0.2, 0.25) is 5.91 Å². The molecular formula is C12H16FN3O2. The summed E-state index contributed by atoms with van der Waals surface area (Å²) in [5.74, 6) is -1.46. The standard InChI is InChI=1S/C12H16FN3O2/c1-7(6-10(14)17)16-12(18)8-4-3-5-9(13)11(8)15-2/h3-5,7,15H,6H2,1-2H3,(H2,14,17)(H,16,18). The Hall–Kier alpha value is -2.11. The van der Waals surface area contributed by atoms with E-state index < -0.39 is 23.7 Å². The van der Waals surface area contributed by atoms with Crippen LogP contribution in [0, 0.1) is 5.82 Å². The molecule has 0 saturated heterocycles. The van der Waals surface area contributed by atoms with Crippen molar-refractivity contribution < 1.29 is 14.0 Å². The molecule has 98 valence electrons. The number of carbonyl (C=O) groups excluding carboxylic acids is 2. The maximum absolute atomic E-state index is 13.4. The maximum atomic E-state index is 13.4. The molecule has 0 aliphatic heterocycles. The van der Waals surface area contributed by atoms with Gasteiger partial charge in [0, 0.05) is 19.5 Å². The minimum absolute atomic E-state index is 0.0376. The number of nitrogens with two attached hydrogens (primary N) is 1. The number of halogens is 1.